The van der Waals surface area contributed by atoms with Gasteiger partial charge in [0.25, 0.3) is 0 Å². The summed E-state index contributed by atoms with van der Waals surface area (Å²) in [6.45, 7) is 6.21. The van der Waals surface area contributed by atoms with Gasteiger partial charge in [-0.2, -0.15) is 0 Å². The lowest BCUT2D eigenvalue weighted by atomic mass is 9.93. The summed E-state index contributed by atoms with van der Waals surface area (Å²) in [5.74, 6) is -1.59. The van der Waals surface area contributed by atoms with Gasteiger partial charge >= 0.3 is 12.1 Å². The number of nitrogens with zero attached hydrogens (tertiary/aromatic N) is 2. The number of halogens is 1. The standard InChI is InChI=1S/C15H19FN2O4/c1-15(2,3)4-5-22-14(21)18-11(13(19)20)7-9-6-10(16)8-17-12(9)18/h6,8,11H,4-5,7H2,1-3H3,(H,19,20). The van der Waals surface area contributed by atoms with E-state index >= 15 is 0 Å². The van der Waals surface area contributed by atoms with Crippen molar-refractivity contribution in [3.05, 3.63) is 23.6 Å². The molecule has 1 aromatic heterocycles. The molecule has 1 aromatic rings. The van der Waals surface area contributed by atoms with Crippen LogP contribution in [-0.2, 0) is 16.0 Å². The number of carboxylic acids is 1. The van der Waals surface area contributed by atoms with E-state index in [9.17, 15) is 19.1 Å². The summed E-state index contributed by atoms with van der Waals surface area (Å²) in [6, 6.07) is 0.0761. The van der Waals surface area contributed by atoms with Gasteiger partial charge in [0.05, 0.1) is 12.8 Å². The van der Waals surface area contributed by atoms with Gasteiger partial charge in [-0.1, -0.05) is 20.8 Å². The molecule has 0 fully saturated rings. The number of aliphatic carboxylic acids is 1. The van der Waals surface area contributed by atoms with Gasteiger partial charge in [0, 0.05) is 12.0 Å². The first-order chi connectivity index (χ1) is 10.2. The topological polar surface area (TPSA) is 79.7 Å². The first kappa shape index (κ1) is 16.2. The van der Waals surface area contributed by atoms with Gasteiger partial charge in [-0.3, -0.25) is 0 Å². The Labute approximate surface area is 127 Å². The molecule has 0 radical (unpaired) electrons. The molecule has 0 bridgehead atoms. The monoisotopic (exact) mass is 310 g/mol. The second-order valence-electron chi connectivity index (χ2n) is 6.49. The largest absolute Gasteiger partial charge is 0.480 e. The number of hydrogen-bond acceptors (Lipinski definition) is 4. The number of pyridine rings is 1. The van der Waals surface area contributed by atoms with E-state index in [4.69, 9.17) is 4.74 Å². The highest BCUT2D eigenvalue weighted by Gasteiger charge is 2.40. The van der Waals surface area contributed by atoms with E-state index in [-0.39, 0.29) is 24.3 Å². The Morgan fingerprint density at radius 2 is 2.18 bits per heavy atom. The van der Waals surface area contributed by atoms with Crippen LogP contribution in [-0.4, -0.2) is 34.8 Å². The van der Waals surface area contributed by atoms with Gasteiger partial charge in [0.15, 0.2) is 0 Å². The number of ether oxygens (including phenoxy) is 1. The van der Waals surface area contributed by atoms with E-state index in [1.165, 1.54) is 6.07 Å². The van der Waals surface area contributed by atoms with Gasteiger partial charge in [-0.25, -0.2) is 23.9 Å². The minimum atomic E-state index is -1.17. The van der Waals surface area contributed by atoms with Crippen LogP contribution in [0.25, 0.3) is 0 Å². The molecule has 1 atom stereocenters. The van der Waals surface area contributed by atoms with E-state index < -0.39 is 23.9 Å². The maximum atomic E-state index is 13.2. The molecule has 0 spiro atoms. The molecule has 1 amide bonds. The van der Waals surface area contributed by atoms with Crippen LogP contribution in [0.4, 0.5) is 15.0 Å². The summed E-state index contributed by atoms with van der Waals surface area (Å²) in [7, 11) is 0. The molecule has 0 aromatic carbocycles. The average Bonchev–Trinajstić information content (AvgIpc) is 2.75. The molecule has 120 valence electrons. The average molecular weight is 310 g/mol. The van der Waals surface area contributed by atoms with E-state index in [0.29, 0.717) is 12.0 Å². The summed E-state index contributed by atoms with van der Waals surface area (Å²) in [5.41, 5.74) is 0.386. The fraction of sp³-hybridized carbons (Fsp3) is 0.533. The molecule has 22 heavy (non-hydrogen) atoms. The smallest absolute Gasteiger partial charge is 0.416 e. The van der Waals surface area contributed by atoms with Crippen LogP contribution in [0.2, 0.25) is 0 Å². The third-order valence-electron chi connectivity index (χ3n) is 3.42. The van der Waals surface area contributed by atoms with Gasteiger partial charge in [0.1, 0.15) is 17.7 Å². The van der Waals surface area contributed by atoms with Crippen molar-refractivity contribution in [1.82, 2.24) is 4.98 Å². The molecule has 2 heterocycles. The van der Waals surface area contributed by atoms with Crippen molar-refractivity contribution >= 4 is 17.9 Å². The second-order valence-corrected chi connectivity index (χ2v) is 6.49. The fourth-order valence-electron chi connectivity index (χ4n) is 2.21. The molecular weight excluding hydrogens is 291 g/mol. The summed E-state index contributed by atoms with van der Waals surface area (Å²) in [4.78, 5) is 28.4. The van der Waals surface area contributed by atoms with Crippen molar-refractivity contribution < 1.29 is 23.8 Å². The normalized spacial score (nSPS) is 17.3. The summed E-state index contributed by atoms with van der Waals surface area (Å²) in [5, 5.41) is 9.26. The van der Waals surface area contributed by atoms with Gasteiger partial charge in [-0.05, 0) is 17.9 Å². The number of anilines is 1. The lowest BCUT2D eigenvalue weighted by Crippen LogP contribution is -2.43. The zero-order valence-corrected chi connectivity index (χ0v) is 12.8. The highest BCUT2D eigenvalue weighted by Crippen LogP contribution is 2.31. The molecule has 1 unspecified atom stereocenters. The quantitative estimate of drug-likeness (QED) is 0.928. The van der Waals surface area contributed by atoms with Gasteiger partial charge in [-0.15, -0.1) is 0 Å². The van der Waals surface area contributed by atoms with Crippen LogP contribution < -0.4 is 4.90 Å². The van der Waals surface area contributed by atoms with Crippen LogP contribution in [0.1, 0.15) is 32.8 Å². The van der Waals surface area contributed by atoms with Crippen molar-refractivity contribution in [3.8, 4) is 0 Å². The fourth-order valence-corrected chi connectivity index (χ4v) is 2.21. The molecule has 0 saturated heterocycles. The van der Waals surface area contributed by atoms with Crippen molar-refractivity contribution in [2.75, 3.05) is 11.5 Å². The molecular formula is C15H19FN2O4. The molecule has 0 aliphatic carbocycles. The number of aromatic nitrogens is 1. The Morgan fingerprint density at radius 3 is 2.77 bits per heavy atom. The lowest BCUT2D eigenvalue weighted by Gasteiger charge is -2.23. The minimum Gasteiger partial charge on any atom is -0.480 e. The van der Waals surface area contributed by atoms with Gasteiger partial charge in [0.2, 0.25) is 0 Å². The number of amides is 1. The molecule has 7 heteroatoms. The van der Waals surface area contributed by atoms with E-state index in [1.54, 1.807) is 0 Å². The van der Waals surface area contributed by atoms with Gasteiger partial charge < -0.3 is 9.84 Å². The highest BCUT2D eigenvalue weighted by molar-refractivity contribution is 5.97. The Balaban J connectivity index is 2.16. The maximum Gasteiger partial charge on any atom is 0.416 e. The number of rotatable bonds is 3. The maximum absolute atomic E-state index is 13.2. The number of hydrogen-bond donors (Lipinski definition) is 1. The second kappa shape index (κ2) is 5.90. The first-order valence-electron chi connectivity index (χ1n) is 7.02. The van der Waals surface area contributed by atoms with E-state index in [0.717, 1.165) is 11.1 Å². The van der Waals surface area contributed by atoms with Crippen molar-refractivity contribution in [1.29, 1.82) is 0 Å². The van der Waals surface area contributed by atoms with Crippen molar-refractivity contribution in [3.63, 3.8) is 0 Å². The Kier molecular flexibility index (Phi) is 4.35. The number of carbonyl (C=O) groups is 2. The molecule has 0 saturated carbocycles. The SMILES string of the molecule is CC(C)(C)CCOC(=O)N1c2ncc(F)cc2CC1C(=O)O. The van der Waals surface area contributed by atoms with Crippen LogP contribution in [0, 0.1) is 11.2 Å². The van der Waals surface area contributed by atoms with Crippen molar-refractivity contribution in [2.45, 2.75) is 39.7 Å². The summed E-state index contributed by atoms with van der Waals surface area (Å²) >= 11 is 0. The Morgan fingerprint density at radius 1 is 1.50 bits per heavy atom. The Bertz CT molecular complexity index is 598. The van der Waals surface area contributed by atoms with E-state index in [2.05, 4.69) is 4.98 Å². The molecule has 6 nitrogen and oxygen atoms in total. The zero-order valence-electron chi connectivity index (χ0n) is 12.8. The van der Waals surface area contributed by atoms with E-state index in [1.807, 2.05) is 20.8 Å². The Hall–Kier alpha value is -2.18. The van der Waals surface area contributed by atoms with Crippen LogP contribution in [0.3, 0.4) is 0 Å². The molecule has 1 aliphatic heterocycles. The zero-order chi connectivity index (χ0) is 16.5. The van der Waals surface area contributed by atoms with Crippen molar-refractivity contribution in [2.24, 2.45) is 5.41 Å². The molecule has 1 N–H and O–H groups in total. The first-order valence-corrected chi connectivity index (χ1v) is 7.02. The molecule has 1 aliphatic rings. The molecule has 2 rings (SSSR count). The predicted octanol–water partition coefficient (Wildman–Crippen LogP) is 2.61. The van der Waals surface area contributed by atoms with Crippen LogP contribution in [0.5, 0.6) is 0 Å². The summed E-state index contributed by atoms with van der Waals surface area (Å²) in [6.07, 6.45) is 0.852. The lowest BCUT2D eigenvalue weighted by molar-refractivity contribution is -0.138. The highest BCUT2D eigenvalue weighted by atomic mass is 19.1. The summed E-state index contributed by atoms with van der Waals surface area (Å²) < 4.78 is 18.4. The third-order valence-corrected chi connectivity index (χ3v) is 3.42. The predicted molar refractivity (Wildman–Crippen MR) is 77.2 cm³/mol. The minimum absolute atomic E-state index is 0.00320. The number of carboxylic acid groups (broad SMARTS) is 1. The van der Waals surface area contributed by atoms with Crippen LogP contribution in [0.15, 0.2) is 12.3 Å². The number of fused-ring (bicyclic) bond motifs is 1. The third kappa shape index (κ3) is 3.52. The van der Waals surface area contributed by atoms with Crippen LogP contribution >= 0.6 is 0 Å². The number of carbonyl (C=O) groups excluding carboxylic acids is 1.